The molecule has 0 aromatic heterocycles. The number of carbonyl (C=O) groups is 2. The molecule has 188 valence electrons. The maximum atomic E-state index is 12.5. The van der Waals surface area contributed by atoms with Gasteiger partial charge < -0.3 is 29.9 Å². The second kappa shape index (κ2) is 11.4. The molecule has 2 aromatic rings. The van der Waals surface area contributed by atoms with Gasteiger partial charge in [0.05, 0.1) is 19.3 Å². The monoisotopic (exact) mass is 483 g/mol. The Kier molecular flexibility index (Phi) is 8.06. The first-order valence-corrected chi connectivity index (χ1v) is 11.9. The highest BCUT2D eigenvalue weighted by molar-refractivity contribution is 5.87. The van der Waals surface area contributed by atoms with Gasteiger partial charge in [-0.15, -0.1) is 0 Å². The Balaban J connectivity index is 1.31. The van der Waals surface area contributed by atoms with Crippen LogP contribution < -0.4 is 20.6 Å². The van der Waals surface area contributed by atoms with Crippen molar-refractivity contribution in [1.82, 2.24) is 15.7 Å². The molecular formula is C25H33N5O5. The number of hydroxylamine groups is 1. The molecule has 3 amide bonds. The zero-order valence-electron chi connectivity index (χ0n) is 19.9. The van der Waals surface area contributed by atoms with E-state index in [1.165, 1.54) is 18.1 Å². The smallest absolute Gasteiger partial charge is 0.318 e. The van der Waals surface area contributed by atoms with Crippen LogP contribution in [0.2, 0.25) is 0 Å². The fraction of sp³-hybridized carbons (Fsp3) is 0.440. The number of urea groups is 1. The van der Waals surface area contributed by atoms with Crippen molar-refractivity contribution in [2.75, 3.05) is 62.3 Å². The number of benzene rings is 2. The molecule has 0 bridgehead atoms. The van der Waals surface area contributed by atoms with E-state index in [9.17, 15) is 14.7 Å². The van der Waals surface area contributed by atoms with E-state index in [1.54, 1.807) is 4.90 Å². The van der Waals surface area contributed by atoms with Gasteiger partial charge in [0.2, 0.25) is 0 Å². The van der Waals surface area contributed by atoms with Gasteiger partial charge in [-0.2, -0.15) is 0 Å². The van der Waals surface area contributed by atoms with Crippen LogP contribution in [0.25, 0.3) is 11.1 Å². The molecule has 0 spiro atoms. The normalized spacial score (nSPS) is 18.1. The van der Waals surface area contributed by atoms with Crippen molar-refractivity contribution in [3.8, 4) is 11.1 Å². The van der Waals surface area contributed by atoms with Crippen LogP contribution in [0.5, 0.6) is 0 Å². The molecule has 2 atom stereocenters. The fourth-order valence-corrected chi connectivity index (χ4v) is 4.42. The zero-order valence-corrected chi connectivity index (χ0v) is 19.9. The number of morpholine rings is 1. The van der Waals surface area contributed by atoms with Crippen LogP contribution in [0.15, 0.2) is 48.5 Å². The summed E-state index contributed by atoms with van der Waals surface area (Å²) in [7, 11) is 0. The molecule has 0 saturated carbocycles. The average Bonchev–Trinajstić information content (AvgIpc) is 2.92. The SMILES string of the molecule is C[C@@H](O)[C@@H](NC(=O)N1CCN(c2ccc(-c3ccc(N4CCOCC4)cc3)cc2)CC1)C(=O)NO. The zero-order chi connectivity index (χ0) is 24.8. The molecule has 4 N–H and O–H groups in total. The van der Waals surface area contributed by atoms with Gasteiger partial charge in [-0.3, -0.25) is 10.0 Å². The van der Waals surface area contributed by atoms with Gasteiger partial charge in [0, 0.05) is 50.6 Å². The Bertz CT molecular complexity index is 984. The summed E-state index contributed by atoms with van der Waals surface area (Å²) in [6.45, 7) is 6.99. The quantitative estimate of drug-likeness (QED) is 0.361. The molecule has 10 heteroatoms. The molecule has 2 saturated heterocycles. The molecular weight excluding hydrogens is 450 g/mol. The predicted molar refractivity (Wildman–Crippen MR) is 133 cm³/mol. The standard InChI is InChI=1S/C25H33N5O5/c1-18(31)23(24(32)27-34)26-25(33)30-12-10-28(11-13-30)21-6-2-19(3-7-21)20-4-8-22(9-5-20)29-14-16-35-17-15-29/h2-9,18,23,31,34H,10-17H2,1H3,(H,26,33)(H,27,32)/t18-,23-/m1/s1. The van der Waals surface area contributed by atoms with Crippen LogP contribution in [-0.4, -0.2) is 91.8 Å². The minimum Gasteiger partial charge on any atom is -0.391 e. The number of anilines is 2. The molecule has 0 unspecified atom stereocenters. The van der Waals surface area contributed by atoms with E-state index in [1.807, 2.05) is 0 Å². The number of ether oxygens (including phenoxy) is 1. The molecule has 10 nitrogen and oxygen atoms in total. The molecule has 2 aliphatic heterocycles. The van der Waals surface area contributed by atoms with E-state index in [0.29, 0.717) is 26.2 Å². The molecule has 4 rings (SSSR count). The molecule has 2 heterocycles. The van der Waals surface area contributed by atoms with Crippen molar-refractivity contribution in [3.05, 3.63) is 48.5 Å². The molecule has 35 heavy (non-hydrogen) atoms. The van der Waals surface area contributed by atoms with E-state index in [0.717, 1.165) is 43.1 Å². The number of hydrogen-bond acceptors (Lipinski definition) is 7. The van der Waals surface area contributed by atoms with Crippen LogP contribution in [0.4, 0.5) is 16.2 Å². The van der Waals surface area contributed by atoms with Gasteiger partial charge in [-0.25, -0.2) is 10.3 Å². The lowest BCUT2D eigenvalue weighted by atomic mass is 10.0. The number of aliphatic hydroxyl groups is 1. The summed E-state index contributed by atoms with van der Waals surface area (Å²) < 4.78 is 5.43. The van der Waals surface area contributed by atoms with Gasteiger partial charge in [0.25, 0.3) is 5.91 Å². The number of aliphatic hydroxyl groups excluding tert-OH is 1. The van der Waals surface area contributed by atoms with Crippen LogP contribution >= 0.6 is 0 Å². The van der Waals surface area contributed by atoms with E-state index >= 15 is 0 Å². The Morgan fingerprint density at radius 1 is 0.829 bits per heavy atom. The number of nitrogens with zero attached hydrogens (tertiary/aromatic N) is 3. The third-order valence-electron chi connectivity index (χ3n) is 6.53. The summed E-state index contributed by atoms with van der Waals surface area (Å²) in [4.78, 5) is 30.3. The van der Waals surface area contributed by atoms with Gasteiger partial charge in [-0.05, 0) is 42.3 Å². The lowest BCUT2D eigenvalue weighted by Crippen LogP contribution is -2.58. The second-order valence-electron chi connectivity index (χ2n) is 8.81. The Morgan fingerprint density at radius 2 is 1.31 bits per heavy atom. The number of carbonyl (C=O) groups excluding carboxylic acids is 2. The lowest BCUT2D eigenvalue weighted by Gasteiger charge is -2.36. The van der Waals surface area contributed by atoms with Crippen molar-refractivity contribution in [2.24, 2.45) is 0 Å². The maximum Gasteiger partial charge on any atom is 0.318 e. The molecule has 0 aliphatic carbocycles. The Morgan fingerprint density at radius 3 is 1.77 bits per heavy atom. The highest BCUT2D eigenvalue weighted by Gasteiger charge is 2.29. The summed E-state index contributed by atoms with van der Waals surface area (Å²) >= 11 is 0. The first kappa shape index (κ1) is 24.8. The molecule has 2 aliphatic rings. The number of piperazine rings is 1. The van der Waals surface area contributed by atoms with E-state index in [2.05, 4.69) is 63.6 Å². The van der Waals surface area contributed by atoms with E-state index in [-0.39, 0.29) is 0 Å². The molecule has 2 aromatic carbocycles. The predicted octanol–water partition coefficient (Wildman–Crippen LogP) is 1.28. The summed E-state index contributed by atoms with van der Waals surface area (Å²) in [6, 6.07) is 15.3. The lowest BCUT2D eigenvalue weighted by molar-refractivity contribution is -0.133. The van der Waals surface area contributed by atoms with Crippen molar-refractivity contribution in [2.45, 2.75) is 19.1 Å². The van der Waals surface area contributed by atoms with Gasteiger partial charge in [0.1, 0.15) is 6.04 Å². The number of rotatable bonds is 6. The Hall–Kier alpha value is -3.34. The maximum absolute atomic E-state index is 12.5. The van der Waals surface area contributed by atoms with Gasteiger partial charge >= 0.3 is 6.03 Å². The Labute approximate surface area is 205 Å². The third kappa shape index (κ3) is 6.02. The van der Waals surface area contributed by atoms with Crippen molar-refractivity contribution in [1.29, 1.82) is 0 Å². The van der Waals surface area contributed by atoms with Gasteiger partial charge in [0.15, 0.2) is 0 Å². The van der Waals surface area contributed by atoms with Crippen LogP contribution in [0, 0.1) is 0 Å². The molecule has 0 radical (unpaired) electrons. The average molecular weight is 484 g/mol. The van der Waals surface area contributed by atoms with E-state index < -0.39 is 24.1 Å². The van der Waals surface area contributed by atoms with Crippen LogP contribution in [0.3, 0.4) is 0 Å². The summed E-state index contributed by atoms with van der Waals surface area (Å²) in [5.74, 6) is -0.859. The summed E-state index contributed by atoms with van der Waals surface area (Å²) in [6.07, 6.45) is -1.14. The summed E-state index contributed by atoms with van der Waals surface area (Å²) in [5, 5.41) is 21.0. The largest absolute Gasteiger partial charge is 0.391 e. The summed E-state index contributed by atoms with van der Waals surface area (Å²) in [5.41, 5.74) is 6.08. The highest BCUT2D eigenvalue weighted by atomic mass is 16.5. The van der Waals surface area contributed by atoms with Crippen LogP contribution in [0.1, 0.15) is 6.92 Å². The van der Waals surface area contributed by atoms with Gasteiger partial charge in [-0.1, -0.05) is 24.3 Å². The van der Waals surface area contributed by atoms with Crippen LogP contribution in [-0.2, 0) is 9.53 Å². The minimum absolute atomic E-state index is 0.449. The van der Waals surface area contributed by atoms with Crippen molar-refractivity contribution < 1.29 is 24.6 Å². The number of amides is 3. The topological polar surface area (TPSA) is 118 Å². The van der Waals surface area contributed by atoms with Crippen molar-refractivity contribution in [3.63, 3.8) is 0 Å². The third-order valence-corrected chi connectivity index (χ3v) is 6.53. The number of nitrogens with one attached hydrogen (secondary N) is 2. The fourth-order valence-electron chi connectivity index (χ4n) is 4.42. The first-order chi connectivity index (χ1) is 17.0. The second-order valence-corrected chi connectivity index (χ2v) is 8.81. The minimum atomic E-state index is -1.22. The van der Waals surface area contributed by atoms with E-state index in [4.69, 9.17) is 9.94 Å². The highest BCUT2D eigenvalue weighted by Crippen LogP contribution is 2.26. The van der Waals surface area contributed by atoms with Crippen molar-refractivity contribution >= 4 is 23.3 Å². The first-order valence-electron chi connectivity index (χ1n) is 11.9. The number of hydrogen-bond donors (Lipinski definition) is 4. The molecule has 2 fully saturated rings.